The Morgan fingerprint density at radius 1 is 1.54 bits per heavy atom. The Labute approximate surface area is 95.0 Å². The molecule has 0 bridgehead atoms. The normalized spacial score (nSPS) is 10.9. The third kappa shape index (κ3) is 2.34. The Kier molecular flexibility index (Phi) is 3.96. The second kappa shape index (κ2) is 4.59. The van der Waals surface area contributed by atoms with E-state index < -0.39 is 12.2 Å². The van der Waals surface area contributed by atoms with Crippen molar-refractivity contribution in [3.63, 3.8) is 0 Å². The van der Waals surface area contributed by atoms with Crippen LogP contribution in [0.5, 0.6) is 0 Å². The summed E-state index contributed by atoms with van der Waals surface area (Å²) >= 11 is 4.69. The van der Waals surface area contributed by atoms with Crippen LogP contribution in [-0.2, 0) is 5.33 Å². The maximum absolute atomic E-state index is 13.0. The lowest BCUT2D eigenvalue weighted by atomic mass is 10.2. The molecule has 72 valence electrons. The first kappa shape index (κ1) is 11.2. The molecule has 1 heterocycles. The molecule has 1 aromatic rings. The Morgan fingerprint density at radius 2 is 2.15 bits per heavy atom. The number of halogens is 5. The van der Waals surface area contributed by atoms with Gasteiger partial charge in [-0.3, -0.25) is 4.98 Å². The molecule has 0 aliphatic rings. The van der Waals surface area contributed by atoms with Crippen molar-refractivity contribution < 1.29 is 13.2 Å². The summed E-state index contributed by atoms with van der Waals surface area (Å²) in [5, 5.41) is 0.208. The van der Waals surface area contributed by atoms with E-state index in [9.17, 15) is 13.2 Å². The molecular formula is C7H4BrF3IN. The number of hydrogen-bond donors (Lipinski definition) is 0. The number of nitrogens with zero attached hydrogens (tertiary/aromatic N) is 1. The predicted molar refractivity (Wildman–Crippen MR) is 54.5 cm³/mol. The van der Waals surface area contributed by atoms with Gasteiger partial charge in [0.2, 0.25) is 0 Å². The van der Waals surface area contributed by atoms with Gasteiger partial charge in [0.05, 0.1) is 6.20 Å². The highest BCUT2D eigenvalue weighted by molar-refractivity contribution is 14.1. The van der Waals surface area contributed by atoms with Crippen LogP contribution in [0.1, 0.15) is 17.7 Å². The van der Waals surface area contributed by atoms with E-state index >= 15 is 0 Å². The molecule has 0 spiro atoms. The van der Waals surface area contributed by atoms with Crippen LogP contribution in [-0.4, -0.2) is 4.98 Å². The molecule has 0 unspecified atom stereocenters. The molecule has 0 saturated heterocycles. The summed E-state index contributed by atoms with van der Waals surface area (Å²) in [5.41, 5.74) is -0.137. The molecule has 6 heteroatoms. The molecule has 1 aromatic heterocycles. The van der Waals surface area contributed by atoms with E-state index in [0.717, 1.165) is 6.20 Å². The summed E-state index contributed by atoms with van der Waals surface area (Å²) in [6, 6.07) is 0. The molecule has 0 saturated carbocycles. The average Bonchev–Trinajstić information content (AvgIpc) is 2.04. The van der Waals surface area contributed by atoms with Gasteiger partial charge in [0.25, 0.3) is 6.43 Å². The van der Waals surface area contributed by atoms with E-state index in [-0.39, 0.29) is 20.2 Å². The predicted octanol–water partition coefficient (Wildman–Crippen LogP) is 3.66. The highest BCUT2D eigenvalue weighted by Crippen LogP contribution is 2.27. The zero-order valence-electron chi connectivity index (χ0n) is 6.20. The SMILES string of the molecule is Fc1cnc(C(F)F)c(I)c1CBr. The van der Waals surface area contributed by atoms with Gasteiger partial charge in [0.1, 0.15) is 11.5 Å². The van der Waals surface area contributed by atoms with Gasteiger partial charge >= 0.3 is 0 Å². The van der Waals surface area contributed by atoms with Crippen LogP contribution in [0.25, 0.3) is 0 Å². The van der Waals surface area contributed by atoms with Crippen LogP contribution in [0.4, 0.5) is 13.2 Å². The minimum absolute atomic E-state index is 0.185. The molecule has 0 atom stereocenters. The zero-order chi connectivity index (χ0) is 10.0. The highest BCUT2D eigenvalue weighted by atomic mass is 127. The first-order valence-corrected chi connectivity index (χ1v) is 5.44. The van der Waals surface area contributed by atoms with Gasteiger partial charge in [-0.15, -0.1) is 0 Å². The standard InChI is InChI=1S/C7H4BrF3IN/c8-1-3-4(9)2-13-6(5(3)12)7(10)11/h2,7H,1H2. The maximum Gasteiger partial charge on any atom is 0.281 e. The Morgan fingerprint density at radius 3 is 2.62 bits per heavy atom. The number of rotatable bonds is 2. The number of alkyl halides is 3. The van der Waals surface area contributed by atoms with Crippen molar-refractivity contribution in [1.82, 2.24) is 4.98 Å². The molecule has 0 aliphatic heterocycles. The smallest absolute Gasteiger partial charge is 0.251 e. The lowest BCUT2D eigenvalue weighted by Gasteiger charge is -2.06. The molecule has 0 aliphatic carbocycles. The number of aromatic nitrogens is 1. The van der Waals surface area contributed by atoms with E-state index in [1.807, 2.05) is 0 Å². The lowest BCUT2D eigenvalue weighted by Crippen LogP contribution is -2.01. The minimum Gasteiger partial charge on any atom is -0.251 e. The summed E-state index contributed by atoms with van der Waals surface area (Å²) in [4.78, 5) is 3.33. The summed E-state index contributed by atoms with van der Waals surface area (Å²) in [5.74, 6) is -0.564. The third-order valence-corrected chi connectivity index (χ3v) is 3.20. The van der Waals surface area contributed by atoms with Gasteiger partial charge in [-0.2, -0.15) is 0 Å². The van der Waals surface area contributed by atoms with Crippen LogP contribution in [0.2, 0.25) is 0 Å². The Bertz CT molecular complexity index is 319. The molecule has 0 amide bonds. The van der Waals surface area contributed by atoms with Crippen LogP contribution < -0.4 is 0 Å². The first-order valence-electron chi connectivity index (χ1n) is 3.24. The van der Waals surface area contributed by atoms with Gasteiger partial charge in [-0.25, -0.2) is 13.2 Å². The molecule has 1 nitrogen and oxygen atoms in total. The molecule has 13 heavy (non-hydrogen) atoms. The van der Waals surface area contributed by atoms with Crippen molar-refractivity contribution >= 4 is 38.5 Å². The number of hydrogen-bond acceptors (Lipinski definition) is 1. The summed E-state index contributed by atoms with van der Waals surface area (Å²) < 4.78 is 37.7. The maximum atomic E-state index is 13.0. The van der Waals surface area contributed by atoms with E-state index in [1.54, 1.807) is 22.6 Å². The fourth-order valence-corrected chi connectivity index (χ4v) is 2.69. The first-order chi connectivity index (χ1) is 6.07. The third-order valence-electron chi connectivity index (χ3n) is 1.44. The van der Waals surface area contributed by atoms with Crippen molar-refractivity contribution in [2.24, 2.45) is 0 Å². The van der Waals surface area contributed by atoms with Crippen LogP contribution >= 0.6 is 38.5 Å². The van der Waals surface area contributed by atoms with Crippen molar-refractivity contribution in [3.05, 3.63) is 26.8 Å². The monoisotopic (exact) mass is 365 g/mol. The average molecular weight is 366 g/mol. The summed E-state index contributed by atoms with van der Waals surface area (Å²) in [6.45, 7) is 0. The minimum atomic E-state index is -2.66. The van der Waals surface area contributed by atoms with Gasteiger partial charge in [0, 0.05) is 14.5 Å². The molecule has 0 N–H and O–H groups in total. The Balaban J connectivity index is 3.27. The fourth-order valence-electron chi connectivity index (χ4n) is 0.795. The van der Waals surface area contributed by atoms with E-state index in [1.165, 1.54) is 0 Å². The molecule has 1 rings (SSSR count). The summed E-state index contributed by atoms with van der Waals surface area (Å²) in [7, 11) is 0. The van der Waals surface area contributed by atoms with Gasteiger partial charge in [0.15, 0.2) is 0 Å². The van der Waals surface area contributed by atoms with Gasteiger partial charge in [-0.05, 0) is 22.6 Å². The second-order valence-corrected chi connectivity index (χ2v) is 3.86. The van der Waals surface area contributed by atoms with Crippen LogP contribution in [0.3, 0.4) is 0 Å². The molecule has 0 aromatic carbocycles. The highest BCUT2D eigenvalue weighted by Gasteiger charge is 2.18. The fraction of sp³-hybridized carbons (Fsp3) is 0.286. The Hall–Kier alpha value is 0.150. The van der Waals surface area contributed by atoms with E-state index in [2.05, 4.69) is 20.9 Å². The zero-order valence-corrected chi connectivity index (χ0v) is 9.94. The van der Waals surface area contributed by atoms with Crippen LogP contribution in [0, 0.1) is 9.39 Å². The second-order valence-electron chi connectivity index (χ2n) is 2.22. The van der Waals surface area contributed by atoms with Crippen molar-refractivity contribution in [2.45, 2.75) is 11.8 Å². The largest absolute Gasteiger partial charge is 0.281 e. The van der Waals surface area contributed by atoms with Crippen molar-refractivity contribution in [2.75, 3.05) is 0 Å². The molecule has 0 radical (unpaired) electrons. The van der Waals surface area contributed by atoms with Gasteiger partial charge in [-0.1, -0.05) is 15.9 Å². The lowest BCUT2D eigenvalue weighted by molar-refractivity contribution is 0.144. The quantitative estimate of drug-likeness (QED) is 0.575. The van der Waals surface area contributed by atoms with E-state index in [4.69, 9.17) is 0 Å². The molecular weight excluding hydrogens is 362 g/mol. The van der Waals surface area contributed by atoms with E-state index in [0.29, 0.717) is 0 Å². The van der Waals surface area contributed by atoms with Crippen molar-refractivity contribution in [1.29, 1.82) is 0 Å². The topological polar surface area (TPSA) is 12.9 Å². The van der Waals surface area contributed by atoms with Crippen molar-refractivity contribution in [3.8, 4) is 0 Å². The molecule has 0 fully saturated rings. The summed E-state index contributed by atoms with van der Waals surface area (Å²) in [6.07, 6.45) is -1.84. The number of pyridine rings is 1. The van der Waals surface area contributed by atoms with Gasteiger partial charge < -0.3 is 0 Å². The van der Waals surface area contributed by atoms with Crippen LogP contribution in [0.15, 0.2) is 6.20 Å².